The Bertz CT molecular complexity index is 1180. The highest BCUT2D eigenvalue weighted by Gasteiger charge is 2.24. The first-order valence-electron chi connectivity index (χ1n) is 9.45. The molecule has 0 bridgehead atoms. The molecule has 0 unspecified atom stereocenters. The van der Waals surface area contributed by atoms with Crippen LogP contribution < -0.4 is 10.3 Å². The van der Waals surface area contributed by atoms with Gasteiger partial charge in [-0.1, -0.05) is 18.2 Å². The molecule has 1 atom stereocenters. The third-order valence-corrected chi connectivity index (χ3v) is 5.10. The van der Waals surface area contributed by atoms with E-state index in [2.05, 4.69) is 10.2 Å². The number of H-pyrrole nitrogens is 1. The Morgan fingerprint density at radius 2 is 2.03 bits per heavy atom. The fourth-order valence-electron chi connectivity index (χ4n) is 3.65. The van der Waals surface area contributed by atoms with Crippen LogP contribution in [0.3, 0.4) is 0 Å². The smallest absolute Gasteiger partial charge is 0.341 e. The van der Waals surface area contributed by atoms with Crippen LogP contribution in [0, 0.1) is 0 Å². The summed E-state index contributed by atoms with van der Waals surface area (Å²) in [5.41, 5.74) is 1.52. The number of hydrogen-bond donors (Lipinski definition) is 1. The molecule has 0 saturated heterocycles. The number of nitrogens with one attached hydrogen (secondary N) is 1. The summed E-state index contributed by atoms with van der Waals surface area (Å²) in [5.74, 6) is 0.957. The molecule has 4 rings (SSSR count). The van der Waals surface area contributed by atoms with Crippen LogP contribution in [0.1, 0.15) is 34.0 Å². The maximum absolute atomic E-state index is 12.2. The molecule has 3 heterocycles. The first-order valence-corrected chi connectivity index (χ1v) is 9.45. The van der Waals surface area contributed by atoms with Gasteiger partial charge >= 0.3 is 5.97 Å². The number of aromatic nitrogens is 3. The maximum atomic E-state index is 12.2. The second-order valence-corrected chi connectivity index (χ2v) is 6.81. The van der Waals surface area contributed by atoms with Crippen molar-refractivity contribution in [3.8, 4) is 17.0 Å². The first kappa shape index (κ1) is 19.5. The van der Waals surface area contributed by atoms with Gasteiger partial charge in [-0.2, -0.15) is 5.10 Å². The molecule has 30 heavy (non-hydrogen) atoms. The largest absolute Gasteiger partial charge is 0.496 e. The molecular weight excluding hydrogens is 386 g/mol. The normalized spacial score (nSPS) is 12.1. The lowest BCUT2D eigenvalue weighted by molar-refractivity contribution is 0.0600. The molecule has 1 aromatic carbocycles. The number of para-hydroxylation sites is 1. The lowest BCUT2D eigenvalue weighted by Gasteiger charge is -2.19. The summed E-state index contributed by atoms with van der Waals surface area (Å²) < 4.78 is 17.9. The van der Waals surface area contributed by atoms with E-state index < -0.39 is 5.97 Å². The monoisotopic (exact) mass is 407 g/mol. The van der Waals surface area contributed by atoms with E-state index in [1.54, 1.807) is 30.3 Å². The van der Waals surface area contributed by atoms with Crippen molar-refractivity contribution >= 4 is 5.97 Å². The van der Waals surface area contributed by atoms with Gasteiger partial charge in [-0.3, -0.25) is 4.79 Å². The molecule has 0 saturated carbocycles. The minimum atomic E-state index is -0.548. The number of ether oxygens (including phenoxy) is 2. The average molecular weight is 407 g/mol. The number of nitrogens with zero attached hydrogens (tertiary/aromatic N) is 2. The number of rotatable bonds is 7. The van der Waals surface area contributed by atoms with Crippen LogP contribution in [0.4, 0.5) is 0 Å². The Morgan fingerprint density at radius 1 is 1.20 bits per heavy atom. The number of aromatic amines is 1. The highest BCUT2D eigenvalue weighted by molar-refractivity contribution is 5.95. The number of pyridine rings is 1. The molecule has 2 aromatic rings. The van der Waals surface area contributed by atoms with Crippen molar-refractivity contribution < 1.29 is 18.7 Å². The number of esters is 1. The molecule has 0 spiro atoms. The van der Waals surface area contributed by atoms with E-state index in [0.29, 0.717) is 24.2 Å². The first-order chi connectivity index (χ1) is 14.6. The van der Waals surface area contributed by atoms with E-state index >= 15 is 0 Å². The van der Waals surface area contributed by atoms with Gasteiger partial charge in [0.1, 0.15) is 22.8 Å². The Balaban J connectivity index is 1.70. The van der Waals surface area contributed by atoms with Crippen LogP contribution in [-0.4, -0.2) is 35.0 Å². The van der Waals surface area contributed by atoms with Gasteiger partial charge in [-0.15, -0.1) is 0 Å². The standard InChI is InChI=1S/C22H21N3O5/c1-28-18-7-4-3-6-14(18)15(19-8-5-11-30-19)9-10-25-12-16-20(23-24-21(16)26)17(13-25)22(27)29-2/h3-8,11-13,15H,9-10H2,1-2H3,(H,24,26)/t15-/m0/s1. The molecule has 0 fully saturated rings. The molecule has 0 amide bonds. The van der Waals surface area contributed by atoms with Gasteiger partial charge in [0.2, 0.25) is 0 Å². The van der Waals surface area contributed by atoms with Gasteiger partial charge in [0, 0.05) is 30.4 Å². The third-order valence-electron chi connectivity index (χ3n) is 5.10. The van der Waals surface area contributed by atoms with Crippen molar-refractivity contribution in [3.05, 3.63) is 82.3 Å². The zero-order valence-electron chi connectivity index (χ0n) is 16.6. The summed E-state index contributed by atoms with van der Waals surface area (Å²) in [5, 5.41) is 6.34. The van der Waals surface area contributed by atoms with Gasteiger partial charge in [0.05, 0.1) is 26.0 Å². The van der Waals surface area contributed by atoms with Crippen LogP contribution in [-0.2, 0) is 11.3 Å². The number of aryl methyl sites for hydroxylation is 1. The summed E-state index contributed by atoms with van der Waals surface area (Å²) in [7, 11) is 2.93. The number of carbonyl (C=O) groups is 1. The minimum Gasteiger partial charge on any atom is -0.496 e. The Labute approximate surface area is 172 Å². The number of carbonyl (C=O) groups excluding carboxylic acids is 1. The zero-order valence-corrected chi connectivity index (χ0v) is 16.6. The molecule has 154 valence electrons. The molecule has 8 nitrogen and oxygen atoms in total. The molecule has 0 aliphatic carbocycles. The summed E-state index contributed by atoms with van der Waals surface area (Å²) in [6.07, 6.45) is 5.63. The Morgan fingerprint density at radius 3 is 2.77 bits per heavy atom. The van der Waals surface area contributed by atoms with Crippen LogP contribution in [0.15, 0.2) is 64.3 Å². The highest BCUT2D eigenvalue weighted by atomic mass is 16.5. The van der Waals surface area contributed by atoms with Crippen LogP contribution in [0.25, 0.3) is 11.3 Å². The highest BCUT2D eigenvalue weighted by Crippen LogP contribution is 2.35. The molecule has 2 aliphatic heterocycles. The van der Waals surface area contributed by atoms with Gasteiger partial charge in [0.15, 0.2) is 0 Å². The van der Waals surface area contributed by atoms with E-state index in [9.17, 15) is 9.59 Å². The van der Waals surface area contributed by atoms with Crippen molar-refractivity contribution in [2.45, 2.75) is 18.9 Å². The Hall–Kier alpha value is -3.81. The number of methoxy groups -OCH3 is 2. The van der Waals surface area contributed by atoms with Crippen molar-refractivity contribution in [1.29, 1.82) is 0 Å². The van der Waals surface area contributed by atoms with Crippen molar-refractivity contribution in [1.82, 2.24) is 14.8 Å². The van der Waals surface area contributed by atoms with Gasteiger partial charge in [0.25, 0.3) is 5.56 Å². The van der Waals surface area contributed by atoms with E-state index in [1.165, 1.54) is 7.11 Å². The topological polar surface area (TPSA) is 99.4 Å². The van der Waals surface area contributed by atoms with Crippen molar-refractivity contribution in [2.24, 2.45) is 0 Å². The molecule has 1 aromatic heterocycles. The van der Waals surface area contributed by atoms with Gasteiger partial charge < -0.3 is 18.5 Å². The number of benzene rings is 1. The van der Waals surface area contributed by atoms with Crippen molar-refractivity contribution in [2.75, 3.05) is 14.2 Å². The summed E-state index contributed by atoms with van der Waals surface area (Å²) in [6, 6.07) is 11.6. The number of hydrogen-bond acceptors (Lipinski definition) is 6. The van der Waals surface area contributed by atoms with E-state index in [-0.39, 0.29) is 17.0 Å². The summed E-state index contributed by atoms with van der Waals surface area (Å²) >= 11 is 0. The predicted molar refractivity (Wildman–Crippen MR) is 109 cm³/mol. The second kappa shape index (κ2) is 8.28. The molecule has 2 aliphatic rings. The van der Waals surface area contributed by atoms with E-state index in [0.717, 1.165) is 17.1 Å². The van der Waals surface area contributed by atoms with Crippen LogP contribution >= 0.6 is 0 Å². The molecule has 0 radical (unpaired) electrons. The van der Waals surface area contributed by atoms with Gasteiger partial charge in [-0.05, 0) is 24.6 Å². The van der Waals surface area contributed by atoms with Gasteiger partial charge in [-0.25, -0.2) is 9.89 Å². The maximum Gasteiger partial charge on any atom is 0.341 e. The second-order valence-electron chi connectivity index (χ2n) is 6.81. The Kier molecular flexibility index (Phi) is 5.38. The average Bonchev–Trinajstić information content (AvgIpc) is 3.44. The van der Waals surface area contributed by atoms with Crippen LogP contribution in [0.2, 0.25) is 0 Å². The van der Waals surface area contributed by atoms with Crippen molar-refractivity contribution in [3.63, 3.8) is 0 Å². The van der Waals surface area contributed by atoms with E-state index in [1.807, 2.05) is 36.4 Å². The lowest BCUT2D eigenvalue weighted by Crippen LogP contribution is -2.13. The minimum absolute atomic E-state index is 0.0722. The fraction of sp³-hybridized carbons (Fsp3) is 0.227. The molecular formula is C22H21N3O5. The predicted octanol–water partition coefficient (Wildman–Crippen LogP) is 3.29. The molecule has 8 heteroatoms. The number of furan rings is 1. The number of fused-ring (bicyclic) bond motifs is 1. The summed E-state index contributed by atoms with van der Waals surface area (Å²) in [4.78, 5) is 24.3. The quantitative estimate of drug-likeness (QED) is 0.472. The molecule has 1 N–H and O–H groups in total. The lowest BCUT2D eigenvalue weighted by atomic mass is 9.92. The van der Waals surface area contributed by atoms with Crippen LogP contribution in [0.5, 0.6) is 5.75 Å². The fourth-order valence-corrected chi connectivity index (χ4v) is 3.65. The van der Waals surface area contributed by atoms with E-state index in [4.69, 9.17) is 13.9 Å². The SMILES string of the molecule is COC(=O)c1cn(CC[C@H](c2ccco2)c2ccccc2OC)cc2c(=O)[nH]nc1-2. The third kappa shape index (κ3) is 3.59. The summed E-state index contributed by atoms with van der Waals surface area (Å²) in [6.45, 7) is 0.522. The zero-order chi connectivity index (χ0) is 21.1.